The van der Waals surface area contributed by atoms with Crippen LogP contribution in [0.15, 0.2) is 11.5 Å². The minimum atomic E-state index is -0.160. The van der Waals surface area contributed by atoms with Crippen LogP contribution in [0.25, 0.3) is 0 Å². The molecule has 84 valence electrons. The van der Waals surface area contributed by atoms with Gasteiger partial charge in [-0.05, 0) is 0 Å². The molecule has 1 aromatic rings. The van der Waals surface area contributed by atoms with Crippen molar-refractivity contribution in [2.75, 3.05) is 0 Å². The summed E-state index contributed by atoms with van der Waals surface area (Å²) in [6.07, 6.45) is 2.48. The van der Waals surface area contributed by atoms with Gasteiger partial charge in [-0.2, -0.15) is 5.10 Å². The van der Waals surface area contributed by atoms with Crippen molar-refractivity contribution < 1.29 is 5.21 Å². The Morgan fingerprint density at radius 2 is 2.20 bits per heavy atom. The van der Waals surface area contributed by atoms with Crippen molar-refractivity contribution in [3.8, 4) is 0 Å². The average Bonchev–Trinajstić information content (AvgIpc) is 2.59. The number of nitrogens with zero attached hydrogens (tertiary/aromatic N) is 4. The maximum absolute atomic E-state index is 8.91. The predicted molar refractivity (Wildman–Crippen MR) is 58.1 cm³/mol. The third kappa shape index (κ3) is 3.04. The Morgan fingerprint density at radius 1 is 1.53 bits per heavy atom. The van der Waals surface area contributed by atoms with E-state index in [1.807, 2.05) is 27.7 Å². The second kappa shape index (κ2) is 4.42. The van der Waals surface area contributed by atoms with Crippen molar-refractivity contribution in [3.05, 3.63) is 12.2 Å². The van der Waals surface area contributed by atoms with Gasteiger partial charge in [-0.15, -0.1) is 0 Å². The van der Waals surface area contributed by atoms with Crippen LogP contribution in [-0.2, 0) is 13.0 Å². The van der Waals surface area contributed by atoms with Crippen molar-refractivity contribution in [2.24, 2.45) is 10.6 Å². The number of hydrogen-bond donors (Lipinski definition) is 1. The van der Waals surface area contributed by atoms with E-state index in [9.17, 15) is 0 Å². The van der Waals surface area contributed by atoms with Crippen molar-refractivity contribution in [2.45, 2.75) is 40.7 Å². The summed E-state index contributed by atoms with van der Waals surface area (Å²) in [5.74, 6) is 0.807. The van der Waals surface area contributed by atoms with Crippen LogP contribution in [0.5, 0.6) is 0 Å². The minimum Gasteiger partial charge on any atom is -0.411 e. The molecule has 1 aromatic heterocycles. The van der Waals surface area contributed by atoms with E-state index in [1.54, 1.807) is 11.0 Å². The first-order chi connectivity index (χ1) is 6.97. The quantitative estimate of drug-likeness (QED) is 0.469. The van der Waals surface area contributed by atoms with Crippen LogP contribution in [0.3, 0.4) is 0 Å². The van der Waals surface area contributed by atoms with E-state index < -0.39 is 0 Å². The molecule has 0 aliphatic heterocycles. The summed E-state index contributed by atoms with van der Waals surface area (Å²) >= 11 is 0. The van der Waals surface area contributed by atoms with Gasteiger partial charge in [-0.3, -0.25) is 0 Å². The standard InChI is InChI=1S/C10H18N4O/c1-5-9-11-7-14(12-9)6-8(13-15)10(2,3)4/h7,15H,5-6H2,1-4H3. The molecule has 0 saturated carbocycles. The van der Waals surface area contributed by atoms with Gasteiger partial charge in [0.1, 0.15) is 12.2 Å². The van der Waals surface area contributed by atoms with Gasteiger partial charge in [0.15, 0.2) is 0 Å². The zero-order chi connectivity index (χ0) is 11.5. The van der Waals surface area contributed by atoms with Crippen molar-refractivity contribution in [1.82, 2.24) is 14.8 Å². The lowest BCUT2D eigenvalue weighted by molar-refractivity contribution is 0.307. The van der Waals surface area contributed by atoms with E-state index >= 15 is 0 Å². The number of hydrogen-bond acceptors (Lipinski definition) is 4. The first-order valence-electron chi connectivity index (χ1n) is 5.07. The highest BCUT2D eigenvalue weighted by Gasteiger charge is 2.20. The topological polar surface area (TPSA) is 63.3 Å². The maximum atomic E-state index is 8.91. The molecule has 0 saturated heterocycles. The molecule has 0 unspecified atom stereocenters. The van der Waals surface area contributed by atoms with Gasteiger partial charge in [0.05, 0.1) is 12.3 Å². The third-order valence-electron chi connectivity index (χ3n) is 2.20. The fourth-order valence-corrected chi connectivity index (χ4v) is 1.14. The largest absolute Gasteiger partial charge is 0.411 e. The smallest absolute Gasteiger partial charge is 0.150 e. The van der Waals surface area contributed by atoms with E-state index in [0.717, 1.165) is 12.2 Å². The first-order valence-corrected chi connectivity index (χ1v) is 5.07. The van der Waals surface area contributed by atoms with Crippen molar-refractivity contribution in [1.29, 1.82) is 0 Å². The molecule has 0 fully saturated rings. The Kier molecular flexibility index (Phi) is 3.44. The summed E-state index contributed by atoms with van der Waals surface area (Å²) in [6.45, 7) is 8.48. The Hall–Kier alpha value is -1.39. The second-order valence-corrected chi connectivity index (χ2v) is 4.51. The molecule has 5 heteroatoms. The van der Waals surface area contributed by atoms with Crippen molar-refractivity contribution in [3.63, 3.8) is 0 Å². The lowest BCUT2D eigenvalue weighted by Gasteiger charge is -2.19. The molecule has 0 aromatic carbocycles. The zero-order valence-electron chi connectivity index (χ0n) is 9.73. The molecule has 0 bridgehead atoms. The third-order valence-corrected chi connectivity index (χ3v) is 2.20. The molecule has 5 nitrogen and oxygen atoms in total. The monoisotopic (exact) mass is 210 g/mol. The van der Waals surface area contributed by atoms with E-state index in [1.165, 1.54) is 0 Å². The first kappa shape index (κ1) is 11.7. The highest BCUT2D eigenvalue weighted by Crippen LogP contribution is 2.16. The average molecular weight is 210 g/mol. The van der Waals surface area contributed by atoms with E-state index in [2.05, 4.69) is 15.2 Å². The normalized spacial score (nSPS) is 13.2. The van der Waals surface area contributed by atoms with Gasteiger partial charge in [-0.1, -0.05) is 32.9 Å². The van der Waals surface area contributed by atoms with Crippen LogP contribution in [0.2, 0.25) is 0 Å². The molecule has 1 rings (SSSR count). The van der Waals surface area contributed by atoms with Crippen LogP contribution >= 0.6 is 0 Å². The molecule has 0 aliphatic rings. The fourth-order valence-electron chi connectivity index (χ4n) is 1.14. The van der Waals surface area contributed by atoms with Gasteiger partial charge >= 0.3 is 0 Å². The number of rotatable bonds is 3. The van der Waals surface area contributed by atoms with E-state index in [-0.39, 0.29) is 5.41 Å². The molecular formula is C10H18N4O. The summed E-state index contributed by atoms with van der Waals surface area (Å²) in [7, 11) is 0. The van der Waals surface area contributed by atoms with Crippen molar-refractivity contribution >= 4 is 5.71 Å². The predicted octanol–water partition coefficient (Wildman–Crippen LogP) is 1.72. The van der Waals surface area contributed by atoms with Crippen LogP contribution in [0.1, 0.15) is 33.5 Å². The molecule has 1 N–H and O–H groups in total. The highest BCUT2D eigenvalue weighted by molar-refractivity contribution is 5.88. The molecule has 0 atom stereocenters. The fraction of sp³-hybridized carbons (Fsp3) is 0.700. The number of aromatic nitrogens is 3. The Balaban J connectivity index is 2.76. The van der Waals surface area contributed by atoms with Gasteiger partial charge in [0.25, 0.3) is 0 Å². The molecule has 0 radical (unpaired) electrons. The van der Waals surface area contributed by atoms with E-state index in [4.69, 9.17) is 5.21 Å². The zero-order valence-corrected chi connectivity index (χ0v) is 9.73. The number of oxime groups is 1. The van der Waals surface area contributed by atoms with Crippen LogP contribution in [0, 0.1) is 5.41 Å². The Bertz CT molecular complexity index is 349. The highest BCUT2D eigenvalue weighted by atomic mass is 16.4. The maximum Gasteiger partial charge on any atom is 0.150 e. The Labute approximate surface area is 89.8 Å². The lowest BCUT2D eigenvalue weighted by Crippen LogP contribution is -2.25. The van der Waals surface area contributed by atoms with Gasteiger partial charge in [0.2, 0.25) is 0 Å². The molecule has 0 amide bonds. The van der Waals surface area contributed by atoms with Crippen LogP contribution < -0.4 is 0 Å². The summed E-state index contributed by atoms with van der Waals surface area (Å²) < 4.78 is 1.69. The second-order valence-electron chi connectivity index (χ2n) is 4.51. The molecule has 15 heavy (non-hydrogen) atoms. The van der Waals surface area contributed by atoms with Gasteiger partial charge in [0, 0.05) is 11.8 Å². The number of aryl methyl sites for hydroxylation is 1. The minimum absolute atomic E-state index is 0.160. The summed E-state index contributed by atoms with van der Waals surface area (Å²) in [6, 6.07) is 0. The summed E-state index contributed by atoms with van der Waals surface area (Å²) in [4.78, 5) is 4.12. The molecule has 1 heterocycles. The van der Waals surface area contributed by atoms with Gasteiger partial charge in [-0.25, -0.2) is 9.67 Å². The molecular weight excluding hydrogens is 192 g/mol. The van der Waals surface area contributed by atoms with Crippen LogP contribution in [0.4, 0.5) is 0 Å². The molecule has 0 aliphatic carbocycles. The summed E-state index contributed by atoms with van der Waals surface area (Å²) in [5.41, 5.74) is 0.530. The Morgan fingerprint density at radius 3 is 2.60 bits per heavy atom. The molecule has 0 spiro atoms. The van der Waals surface area contributed by atoms with E-state index in [0.29, 0.717) is 12.3 Å². The SMILES string of the molecule is CCc1ncn(CC(=NO)C(C)(C)C)n1. The lowest BCUT2D eigenvalue weighted by atomic mass is 9.90. The van der Waals surface area contributed by atoms with Gasteiger partial charge < -0.3 is 5.21 Å². The summed E-state index contributed by atoms with van der Waals surface area (Å²) in [5, 5.41) is 16.5. The van der Waals surface area contributed by atoms with Crippen LogP contribution in [-0.4, -0.2) is 25.7 Å².